The minimum Gasteiger partial charge on any atom is -0.433 e. The number of rotatable bonds is 2. The molecule has 3 nitrogen and oxygen atoms in total. The molecule has 2 aromatic rings. The van der Waals surface area contributed by atoms with Crippen LogP contribution < -0.4 is 0 Å². The second-order valence-electron chi connectivity index (χ2n) is 3.19. The molecule has 0 N–H and O–H groups in total. The van der Waals surface area contributed by atoms with Crippen molar-refractivity contribution in [2.24, 2.45) is 0 Å². The molecule has 16 heavy (non-hydrogen) atoms. The molecule has 0 fully saturated rings. The molecular weight excluding hydrogens is 223 g/mol. The first-order valence-electron chi connectivity index (χ1n) is 4.41. The van der Waals surface area contributed by atoms with Crippen LogP contribution in [0.25, 0.3) is 11.1 Å². The van der Waals surface area contributed by atoms with Gasteiger partial charge in [0.25, 0.3) is 0 Å². The Morgan fingerprint density at radius 2 is 2.12 bits per heavy atom. The van der Waals surface area contributed by atoms with Crippen molar-refractivity contribution in [3.63, 3.8) is 0 Å². The van der Waals surface area contributed by atoms with Crippen molar-refractivity contribution in [3.05, 3.63) is 29.7 Å². The molecule has 0 bridgehead atoms. The lowest BCUT2D eigenvalue weighted by Crippen LogP contribution is -2.04. The van der Waals surface area contributed by atoms with E-state index in [0.29, 0.717) is 11.8 Å². The van der Waals surface area contributed by atoms with Gasteiger partial charge in [-0.2, -0.15) is 13.2 Å². The molecule has 1 aromatic heterocycles. The van der Waals surface area contributed by atoms with Gasteiger partial charge in [0.15, 0.2) is 5.58 Å². The standard InChI is InChI=1S/C10H6F3NO2/c11-10(12,13)9-14-7-5-6(3-4-15)1-2-8(7)16-9/h1-2,4-5H,3H2. The quantitative estimate of drug-likeness (QED) is 0.743. The number of benzene rings is 1. The van der Waals surface area contributed by atoms with Crippen LogP contribution in [0.5, 0.6) is 0 Å². The summed E-state index contributed by atoms with van der Waals surface area (Å²) in [4.78, 5) is 13.6. The van der Waals surface area contributed by atoms with Gasteiger partial charge >= 0.3 is 12.1 Å². The number of aldehydes is 1. The van der Waals surface area contributed by atoms with Gasteiger partial charge < -0.3 is 9.21 Å². The van der Waals surface area contributed by atoms with E-state index in [1.807, 2.05) is 0 Å². The van der Waals surface area contributed by atoms with Crippen LogP contribution in [0.3, 0.4) is 0 Å². The fourth-order valence-corrected chi connectivity index (χ4v) is 1.32. The molecule has 1 heterocycles. The number of fused-ring (bicyclic) bond motifs is 1. The molecule has 0 saturated carbocycles. The Morgan fingerprint density at radius 1 is 1.38 bits per heavy atom. The number of oxazole rings is 1. The van der Waals surface area contributed by atoms with Gasteiger partial charge in [-0.3, -0.25) is 0 Å². The fraction of sp³-hybridized carbons (Fsp3) is 0.200. The van der Waals surface area contributed by atoms with Gasteiger partial charge in [0.1, 0.15) is 11.8 Å². The number of nitrogens with zero attached hydrogens (tertiary/aromatic N) is 1. The first-order chi connectivity index (χ1) is 7.50. The smallest absolute Gasteiger partial charge is 0.433 e. The average Bonchev–Trinajstić information content (AvgIpc) is 2.60. The lowest BCUT2D eigenvalue weighted by molar-refractivity contribution is -0.156. The summed E-state index contributed by atoms with van der Waals surface area (Å²) in [5.41, 5.74) is 0.762. The Balaban J connectivity index is 2.50. The summed E-state index contributed by atoms with van der Waals surface area (Å²) in [5, 5.41) is 0. The van der Waals surface area contributed by atoms with Crippen molar-refractivity contribution in [1.82, 2.24) is 4.98 Å². The zero-order chi connectivity index (χ0) is 11.8. The predicted molar refractivity (Wildman–Crippen MR) is 48.8 cm³/mol. The molecule has 0 aliphatic heterocycles. The zero-order valence-electron chi connectivity index (χ0n) is 7.91. The topological polar surface area (TPSA) is 43.1 Å². The summed E-state index contributed by atoms with van der Waals surface area (Å²) in [6.45, 7) is 0. The van der Waals surface area contributed by atoms with Crippen LogP contribution in [0.2, 0.25) is 0 Å². The number of carbonyl (C=O) groups excluding carboxylic acids is 1. The molecule has 2 rings (SSSR count). The number of hydrogen-bond acceptors (Lipinski definition) is 3. The summed E-state index contributed by atoms with van der Waals surface area (Å²) in [6.07, 6.45) is -3.78. The van der Waals surface area contributed by atoms with E-state index in [1.165, 1.54) is 18.2 Å². The van der Waals surface area contributed by atoms with E-state index in [4.69, 9.17) is 0 Å². The Kier molecular flexibility index (Phi) is 2.41. The van der Waals surface area contributed by atoms with Gasteiger partial charge in [-0.1, -0.05) is 6.07 Å². The highest BCUT2D eigenvalue weighted by molar-refractivity contribution is 5.74. The number of hydrogen-bond donors (Lipinski definition) is 0. The van der Waals surface area contributed by atoms with Crippen molar-refractivity contribution in [2.45, 2.75) is 12.6 Å². The van der Waals surface area contributed by atoms with Gasteiger partial charge in [-0.05, 0) is 17.7 Å². The molecule has 0 aliphatic carbocycles. The van der Waals surface area contributed by atoms with Crippen LogP contribution in [-0.2, 0) is 17.4 Å². The van der Waals surface area contributed by atoms with E-state index in [0.717, 1.165) is 0 Å². The number of alkyl halides is 3. The molecule has 6 heteroatoms. The molecule has 1 aromatic carbocycles. The maximum Gasteiger partial charge on any atom is 0.468 e. The van der Waals surface area contributed by atoms with Crippen LogP contribution in [-0.4, -0.2) is 11.3 Å². The lowest BCUT2D eigenvalue weighted by atomic mass is 10.1. The molecule has 0 unspecified atom stereocenters. The Morgan fingerprint density at radius 3 is 2.75 bits per heavy atom. The maximum atomic E-state index is 12.3. The van der Waals surface area contributed by atoms with Crippen LogP contribution in [0.4, 0.5) is 13.2 Å². The van der Waals surface area contributed by atoms with E-state index in [9.17, 15) is 18.0 Å². The average molecular weight is 229 g/mol. The fourth-order valence-electron chi connectivity index (χ4n) is 1.32. The first-order valence-corrected chi connectivity index (χ1v) is 4.41. The Bertz CT molecular complexity index is 530. The monoisotopic (exact) mass is 229 g/mol. The summed E-state index contributed by atoms with van der Waals surface area (Å²) >= 11 is 0. The Labute approximate surface area is 87.9 Å². The number of aromatic nitrogens is 1. The SMILES string of the molecule is O=CCc1ccc2oc(C(F)(F)F)nc2c1. The van der Waals surface area contributed by atoms with Crippen LogP contribution >= 0.6 is 0 Å². The highest BCUT2D eigenvalue weighted by Crippen LogP contribution is 2.31. The third-order valence-corrected chi connectivity index (χ3v) is 2.01. The molecule has 0 radical (unpaired) electrons. The summed E-state index contributed by atoms with van der Waals surface area (Å²) in [6, 6.07) is 4.31. The van der Waals surface area contributed by atoms with Gasteiger partial charge in [-0.25, -0.2) is 4.98 Å². The molecular formula is C10H6F3NO2. The minimum atomic E-state index is -4.59. The molecule has 0 atom stereocenters. The van der Waals surface area contributed by atoms with E-state index in [2.05, 4.69) is 9.40 Å². The van der Waals surface area contributed by atoms with Crippen LogP contribution in [0.15, 0.2) is 22.6 Å². The third kappa shape index (κ3) is 1.91. The van der Waals surface area contributed by atoms with Crippen LogP contribution in [0, 0.1) is 0 Å². The van der Waals surface area contributed by atoms with E-state index in [-0.39, 0.29) is 17.5 Å². The molecule has 84 valence electrons. The largest absolute Gasteiger partial charge is 0.468 e. The molecule has 0 aliphatic rings. The molecule has 0 amide bonds. The summed E-state index contributed by atoms with van der Waals surface area (Å²) < 4.78 is 41.3. The predicted octanol–water partition coefficient (Wildman–Crippen LogP) is 2.59. The maximum absolute atomic E-state index is 12.3. The lowest BCUT2D eigenvalue weighted by Gasteiger charge is -1.96. The highest BCUT2D eigenvalue weighted by Gasteiger charge is 2.37. The van der Waals surface area contributed by atoms with Crippen molar-refractivity contribution in [1.29, 1.82) is 0 Å². The zero-order valence-corrected chi connectivity index (χ0v) is 7.91. The van der Waals surface area contributed by atoms with Crippen molar-refractivity contribution in [3.8, 4) is 0 Å². The summed E-state index contributed by atoms with van der Waals surface area (Å²) in [7, 11) is 0. The third-order valence-electron chi connectivity index (χ3n) is 2.01. The van der Waals surface area contributed by atoms with Gasteiger partial charge in [0.05, 0.1) is 0 Å². The van der Waals surface area contributed by atoms with Crippen molar-refractivity contribution < 1.29 is 22.4 Å². The summed E-state index contributed by atoms with van der Waals surface area (Å²) in [5.74, 6) is -1.27. The molecule has 0 saturated heterocycles. The van der Waals surface area contributed by atoms with E-state index >= 15 is 0 Å². The highest BCUT2D eigenvalue weighted by atomic mass is 19.4. The van der Waals surface area contributed by atoms with Gasteiger partial charge in [0.2, 0.25) is 0 Å². The van der Waals surface area contributed by atoms with E-state index in [1.54, 1.807) is 0 Å². The second kappa shape index (κ2) is 3.62. The van der Waals surface area contributed by atoms with Crippen molar-refractivity contribution >= 4 is 17.4 Å². The molecule has 0 spiro atoms. The number of halogens is 3. The minimum absolute atomic E-state index is 0.0574. The number of carbonyl (C=O) groups is 1. The normalized spacial score (nSPS) is 11.9. The second-order valence-corrected chi connectivity index (χ2v) is 3.19. The van der Waals surface area contributed by atoms with Gasteiger partial charge in [0, 0.05) is 6.42 Å². The van der Waals surface area contributed by atoms with E-state index < -0.39 is 12.1 Å². The van der Waals surface area contributed by atoms with Gasteiger partial charge in [-0.15, -0.1) is 0 Å². The Hall–Kier alpha value is -1.85. The van der Waals surface area contributed by atoms with Crippen LogP contribution in [0.1, 0.15) is 11.5 Å². The first kappa shape index (κ1) is 10.7. The van der Waals surface area contributed by atoms with Crippen molar-refractivity contribution in [2.75, 3.05) is 0 Å².